The number of carbonyl (C=O) groups is 2. The number of pyridine rings is 2. The summed E-state index contributed by atoms with van der Waals surface area (Å²) >= 11 is 0. The average Bonchev–Trinajstić information content (AvgIpc) is 3.52. The van der Waals surface area contributed by atoms with E-state index in [-0.39, 0.29) is 28.8 Å². The fourth-order valence-electron chi connectivity index (χ4n) is 4.63. The second kappa shape index (κ2) is 10.8. The SMILES string of the molecule is CC(C)(CO[Si](C)(C)C(C)(C)C)n1cc(C(=O)c2cncc(NC(=O)Cn3ccc(C4CC4)n3)c2)c2cncc(F)c21. The molecule has 42 heavy (non-hydrogen) atoms. The van der Waals surface area contributed by atoms with Gasteiger partial charge >= 0.3 is 0 Å². The second-order valence-corrected chi connectivity index (χ2v) is 18.2. The zero-order chi connectivity index (χ0) is 30.4. The second-order valence-electron chi connectivity index (χ2n) is 13.3. The number of hydrogen-bond acceptors (Lipinski definition) is 6. The van der Waals surface area contributed by atoms with Gasteiger partial charge in [0, 0.05) is 47.2 Å². The summed E-state index contributed by atoms with van der Waals surface area (Å²) in [6, 6.07) is 3.52. The Hall–Kier alpha value is -3.70. The van der Waals surface area contributed by atoms with Crippen LogP contribution in [0.5, 0.6) is 0 Å². The van der Waals surface area contributed by atoms with Crippen LogP contribution >= 0.6 is 0 Å². The molecule has 0 aliphatic heterocycles. The van der Waals surface area contributed by atoms with Crippen LogP contribution in [0.4, 0.5) is 10.1 Å². The third-order valence-corrected chi connectivity index (χ3v) is 12.9. The molecule has 0 atom stereocenters. The van der Waals surface area contributed by atoms with Crippen molar-refractivity contribution in [3.8, 4) is 0 Å². The molecular weight excluding hydrogens is 551 g/mol. The van der Waals surface area contributed by atoms with Crippen LogP contribution in [0.3, 0.4) is 0 Å². The van der Waals surface area contributed by atoms with Crippen LogP contribution in [-0.2, 0) is 21.3 Å². The lowest BCUT2D eigenvalue weighted by molar-refractivity contribution is -0.116. The molecule has 4 heterocycles. The average molecular weight is 591 g/mol. The van der Waals surface area contributed by atoms with Crippen LogP contribution in [0.25, 0.3) is 10.9 Å². The standard InChI is InChI=1S/C31H39FN6O3Si/c1-30(2,3)42(6,7)41-19-31(4,5)38-17-24(23-15-34-16-25(32)28(23)38)29(40)21-12-22(14-33-13-21)35-27(39)18-37-11-10-26(36-37)20-8-9-20/h10-17,20H,8-9,18-19H2,1-7H3,(H,35,39). The topological polar surface area (TPSA) is 104 Å². The van der Waals surface area contributed by atoms with Crippen molar-refractivity contribution in [2.45, 2.75) is 83.6 Å². The summed E-state index contributed by atoms with van der Waals surface area (Å²) in [4.78, 5) is 34.7. The highest BCUT2D eigenvalue weighted by Crippen LogP contribution is 2.39. The number of carbonyl (C=O) groups excluding carboxylic acids is 2. The van der Waals surface area contributed by atoms with E-state index in [1.807, 2.05) is 19.9 Å². The fraction of sp³-hybridized carbons (Fsp3) is 0.452. The number of fused-ring (bicyclic) bond motifs is 1. The van der Waals surface area contributed by atoms with E-state index in [1.54, 1.807) is 27.7 Å². The molecule has 0 unspecified atom stereocenters. The van der Waals surface area contributed by atoms with Crippen LogP contribution in [0, 0.1) is 5.82 Å². The maximum absolute atomic E-state index is 15.3. The maximum Gasteiger partial charge on any atom is 0.246 e. The van der Waals surface area contributed by atoms with Gasteiger partial charge in [0.05, 0.1) is 41.4 Å². The van der Waals surface area contributed by atoms with Crippen molar-refractivity contribution in [3.05, 3.63) is 72.0 Å². The predicted molar refractivity (Wildman–Crippen MR) is 163 cm³/mol. The van der Waals surface area contributed by atoms with Gasteiger partial charge in [-0.15, -0.1) is 0 Å². The number of rotatable bonds is 10. The number of hydrogen-bond donors (Lipinski definition) is 1. The number of aromatic nitrogens is 5. The van der Waals surface area contributed by atoms with Crippen LogP contribution in [0.1, 0.15) is 75.0 Å². The van der Waals surface area contributed by atoms with Crippen molar-refractivity contribution in [2.24, 2.45) is 0 Å². The zero-order valence-corrected chi connectivity index (χ0v) is 26.4. The minimum absolute atomic E-state index is 0.0174. The first-order chi connectivity index (χ1) is 19.7. The van der Waals surface area contributed by atoms with Crippen molar-refractivity contribution < 1.29 is 18.4 Å². The predicted octanol–water partition coefficient (Wildman–Crippen LogP) is 6.27. The number of nitrogens with zero attached hydrogens (tertiary/aromatic N) is 5. The maximum atomic E-state index is 15.3. The van der Waals surface area contributed by atoms with Gasteiger partial charge in [-0.05, 0) is 57.0 Å². The first-order valence-electron chi connectivity index (χ1n) is 14.3. The quantitative estimate of drug-likeness (QED) is 0.172. The van der Waals surface area contributed by atoms with Gasteiger partial charge in [0.1, 0.15) is 6.54 Å². The van der Waals surface area contributed by atoms with Gasteiger partial charge in [0.15, 0.2) is 19.9 Å². The number of nitrogens with one attached hydrogen (secondary N) is 1. The highest BCUT2D eigenvalue weighted by Gasteiger charge is 2.39. The van der Waals surface area contributed by atoms with Crippen molar-refractivity contribution in [3.63, 3.8) is 0 Å². The van der Waals surface area contributed by atoms with Gasteiger partial charge in [-0.1, -0.05) is 20.8 Å². The molecule has 1 aliphatic rings. The fourth-order valence-corrected chi connectivity index (χ4v) is 5.78. The molecule has 5 rings (SSSR count). The summed E-state index contributed by atoms with van der Waals surface area (Å²) in [5.74, 6) is -0.643. The highest BCUT2D eigenvalue weighted by molar-refractivity contribution is 6.74. The third kappa shape index (κ3) is 6.07. The lowest BCUT2D eigenvalue weighted by atomic mass is 10.0. The molecule has 11 heteroatoms. The summed E-state index contributed by atoms with van der Waals surface area (Å²) < 4.78 is 25.2. The molecule has 1 aliphatic carbocycles. The van der Waals surface area contributed by atoms with E-state index in [4.69, 9.17) is 4.43 Å². The molecule has 0 bridgehead atoms. The van der Waals surface area contributed by atoms with E-state index in [0.29, 0.717) is 34.7 Å². The molecule has 1 saturated carbocycles. The highest BCUT2D eigenvalue weighted by atomic mass is 28.4. The molecule has 9 nitrogen and oxygen atoms in total. The molecule has 0 saturated heterocycles. The minimum atomic E-state index is -2.08. The smallest absolute Gasteiger partial charge is 0.246 e. The van der Waals surface area contributed by atoms with Crippen LogP contribution in [0.15, 0.2) is 49.3 Å². The Morgan fingerprint density at radius 2 is 1.81 bits per heavy atom. The molecule has 222 valence electrons. The van der Waals surface area contributed by atoms with Gasteiger partial charge in [0.2, 0.25) is 5.91 Å². The summed E-state index contributed by atoms with van der Waals surface area (Å²) in [6.45, 7) is 15.2. The summed E-state index contributed by atoms with van der Waals surface area (Å²) in [7, 11) is -2.08. The molecule has 0 spiro atoms. The van der Waals surface area contributed by atoms with E-state index in [2.05, 4.69) is 54.2 Å². The van der Waals surface area contributed by atoms with E-state index in [9.17, 15) is 9.59 Å². The molecule has 1 amide bonds. The lowest BCUT2D eigenvalue weighted by Crippen LogP contribution is -2.45. The van der Waals surface area contributed by atoms with Crippen LogP contribution in [-0.4, -0.2) is 50.9 Å². The van der Waals surface area contributed by atoms with Gasteiger partial charge in [-0.2, -0.15) is 5.10 Å². The Labute approximate surface area is 246 Å². The first-order valence-corrected chi connectivity index (χ1v) is 17.2. The van der Waals surface area contributed by atoms with Gasteiger partial charge in [-0.25, -0.2) is 4.39 Å². The zero-order valence-electron chi connectivity index (χ0n) is 25.4. The van der Waals surface area contributed by atoms with E-state index < -0.39 is 19.7 Å². The first kappa shape index (κ1) is 29.8. The Bertz CT molecular complexity index is 1650. The van der Waals surface area contributed by atoms with Crippen molar-refractivity contribution in [1.82, 2.24) is 24.3 Å². The number of anilines is 1. The monoisotopic (exact) mass is 590 g/mol. The number of ketones is 1. The molecule has 1 fully saturated rings. The van der Waals surface area contributed by atoms with Crippen molar-refractivity contribution in [2.75, 3.05) is 11.9 Å². The summed E-state index contributed by atoms with van der Waals surface area (Å²) in [6.07, 6.45) is 11.3. The van der Waals surface area contributed by atoms with E-state index in [0.717, 1.165) is 24.7 Å². The lowest BCUT2D eigenvalue weighted by Gasteiger charge is -2.39. The Kier molecular flexibility index (Phi) is 7.69. The van der Waals surface area contributed by atoms with Gasteiger partial charge in [-0.3, -0.25) is 24.2 Å². The Morgan fingerprint density at radius 3 is 2.50 bits per heavy atom. The van der Waals surface area contributed by atoms with E-state index >= 15 is 4.39 Å². The Balaban J connectivity index is 1.39. The summed E-state index contributed by atoms with van der Waals surface area (Å²) in [5, 5.41) is 7.70. The number of halogens is 1. The molecule has 1 N–H and O–H groups in total. The third-order valence-electron chi connectivity index (χ3n) is 8.40. The molecule has 4 aromatic heterocycles. The largest absolute Gasteiger partial charge is 0.414 e. The summed E-state index contributed by atoms with van der Waals surface area (Å²) in [5.41, 5.74) is 1.59. The molecule has 0 radical (unpaired) electrons. The van der Waals surface area contributed by atoms with Crippen molar-refractivity contribution in [1.29, 1.82) is 0 Å². The normalized spacial score (nSPS) is 14.4. The van der Waals surface area contributed by atoms with Crippen molar-refractivity contribution >= 4 is 36.6 Å². The van der Waals surface area contributed by atoms with E-state index in [1.165, 1.54) is 18.6 Å². The molecule has 0 aromatic carbocycles. The molecule has 4 aromatic rings. The van der Waals surface area contributed by atoms with Crippen LogP contribution in [0.2, 0.25) is 18.1 Å². The minimum Gasteiger partial charge on any atom is -0.414 e. The van der Waals surface area contributed by atoms with Gasteiger partial charge in [0.25, 0.3) is 0 Å². The number of amides is 1. The Morgan fingerprint density at radius 1 is 1.10 bits per heavy atom. The molecular formula is C31H39FN6O3Si. The van der Waals surface area contributed by atoms with Crippen LogP contribution < -0.4 is 5.32 Å². The van der Waals surface area contributed by atoms with Gasteiger partial charge < -0.3 is 14.3 Å².